The number of aromatic nitrogens is 3. The molecule has 0 saturated heterocycles. The predicted molar refractivity (Wildman–Crippen MR) is 71.6 cm³/mol. The quantitative estimate of drug-likeness (QED) is 0.762. The van der Waals surface area contributed by atoms with Crippen LogP contribution in [0.4, 0.5) is 5.82 Å². The number of hydrogen-bond donors (Lipinski definition) is 2. The molecule has 0 saturated carbocycles. The van der Waals surface area contributed by atoms with E-state index >= 15 is 0 Å². The van der Waals surface area contributed by atoms with Crippen LogP contribution in [-0.2, 0) is 0 Å². The molecule has 0 aliphatic rings. The molecule has 3 rings (SSSR count). The third-order valence-corrected chi connectivity index (χ3v) is 3.25. The molecule has 0 unspecified atom stereocenters. The van der Waals surface area contributed by atoms with Crippen LogP contribution >= 0.6 is 15.9 Å². The number of hydrogen-bond acceptors (Lipinski definition) is 4. The van der Waals surface area contributed by atoms with Gasteiger partial charge in [0.1, 0.15) is 0 Å². The molecule has 0 amide bonds. The lowest BCUT2D eigenvalue weighted by atomic mass is 10.0. The van der Waals surface area contributed by atoms with Gasteiger partial charge in [-0.25, -0.2) is 0 Å². The number of nitrogens with two attached hydrogens (primary N) is 1. The van der Waals surface area contributed by atoms with Crippen LogP contribution in [-0.4, -0.2) is 15.2 Å². The summed E-state index contributed by atoms with van der Waals surface area (Å²) in [5.41, 5.74) is 9.33. The molecule has 3 aromatic rings. The minimum atomic E-state index is 0.436. The number of aromatic amines is 1. The Morgan fingerprint density at radius 3 is 2.89 bits per heavy atom. The first-order valence-corrected chi connectivity index (χ1v) is 6.04. The topological polar surface area (TPSA) is 80.7 Å². The highest BCUT2D eigenvalue weighted by Gasteiger charge is 2.18. The molecule has 0 aliphatic carbocycles. The monoisotopic (exact) mass is 304 g/mol. The van der Waals surface area contributed by atoms with Gasteiger partial charge in [-0.15, -0.1) is 0 Å². The number of pyridine rings is 1. The van der Waals surface area contributed by atoms with E-state index in [0.717, 1.165) is 22.4 Å². The molecule has 3 aromatic heterocycles. The lowest BCUT2D eigenvalue weighted by Gasteiger charge is -2.02. The number of halogens is 1. The van der Waals surface area contributed by atoms with Crippen molar-refractivity contribution in [1.29, 1.82) is 0 Å². The Balaban J connectivity index is 2.22. The van der Waals surface area contributed by atoms with Gasteiger partial charge in [0.15, 0.2) is 10.5 Å². The van der Waals surface area contributed by atoms with Crippen molar-refractivity contribution in [2.24, 2.45) is 0 Å². The normalized spacial score (nSPS) is 10.7. The fourth-order valence-electron chi connectivity index (χ4n) is 1.83. The van der Waals surface area contributed by atoms with Crippen LogP contribution in [0.1, 0.15) is 0 Å². The van der Waals surface area contributed by atoms with Gasteiger partial charge in [0.25, 0.3) is 0 Å². The zero-order chi connectivity index (χ0) is 12.5. The third kappa shape index (κ3) is 1.70. The van der Waals surface area contributed by atoms with E-state index in [9.17, 15) is 0 Å². The number of anilines is 1. The van der Waals surface area contributed by atoms with Crippen molar-refractivity contribution in [2.45, 2.75) is 0 Å². The molecule has 90 valence electrons. The Morgan fingerprint density at radius 1 is 1.33 bits per heavy atom. The zero-order valence-corrected chi connectivity index (χ0v) is 10.8. The molecular formula is C12H9BrN4O. The molecule has 0 bridgehead atoms. The summed E-state index contributed by atoms with van der Waals surface area (Å²) < 4.78 is 5.87. The van der Waals surface area contributed by atoms with Crippen LogP contribution in [0.2, 0.25) is 0 Å². The molecule has 0 atom stereocenters. The van der Waals surface area contributed by atoms with Crippen LogP contribution in [0.25, 0.3) is 22.4 Å². The highest BCUT2D eigenvalue weighted by atomic mass is 79.9. The van der Waals surface area contributed by atoms with E-state index in [1.165, 1.54) is 0 Å². The van der Waals surface area contributed by atoms with Gasteiger partial charge in [-0.2, -0.15) is 5.10 Å². The summed E-state index contributed by atoms with van der Waals surface area (Å²) in [6.07, 6.45) is 5.06. The van der Waals surface area contributed by atoms with Gasteiger partial charge in [-0.05, 0) is 28.1 Å². The molecule has 3 N–H and O–H groups in total. The first-order chi connectivity index (χ1) is 8.77. The van der Waals surface area contributed by atoms with Crippen molar-refractivity contribution >= 4 is 21.7 Å². The Kier molecular flexibility index (Phi) is 2.64. The van der Waals surface area contributed by atoms with Gasteiger partial charge in [0, 0.05) is 18.0 Å². The number of nitrogen functional groups attached to an aromatic ring is 1. The Hall–Kier alpha value is -2.08. The minimum Gasteiger partial charge on any atom is -0.457 e. The van der Waals surface area contributed by atoms with Crippen molar-refractivity contribution in [3.8, 4) is 22.4 Å². The predicted octanol–water partition coefficient (Wildman–Crippen LogP) is 3.08. The van der Waals surface area contributed by atoms with Crippen molar-refractivity contribution in [3.05, 3.63) is 41.5 Å². The second-order valence-corrected chi connectivity index (χ2v) is 4.43. The number of H-pyrrole nitrogens is 1. The molecule has 0 radical (unpaired) electrons. The smallest absolute Gasteiger partial charge is 0.178 e. The lowest BCUT2D eigenvalue weighted by molar-refractivity contribution is 0.542. The van der Waals surface area contributed by atoms with Gasteiger partial charge in [0.2, 0.25) is 0 Å². The second-order valence-electron chi connectivity index (χ2n) is 3.71. The van der Waals surface area contributed by atoms with Gasteiger partial charge in [0.05, 0.1) is 23.1 Å². The highest BCUT2D eigenvalue weighted by molar-refractivity contribution is 9.10. The van der Waals surface area contributed by atoms with E-state index in [1.807, 2.05) is 18.2 Å². The molecule has 18 heavy (non-hydrogen) atoms. The zero-order valence-electron chi connectivity index (χ0n) is 9.22. The summed E-state index contributed by atoms with van der Waals surface area (Å²) >= 11 is 3.35. The van der Waals surface area contributed by atoms with Crippen molar-refractivity contribution < 1.29 is 4.42 Å². The first-order valence-electron chi connectivity index (χ1n) is 5.25. The number of furan rings is 1. The van der Waals surface area contributed by atoms with E-state index in [4.69, 9.17) is 10.2 Å². The fourth-order valence-corrected chi connectivity index (χ4v) is 2.26. The van der Waals surface area contributed by atoms with Gasteiger partial charge in [-0.3, -0.25) is 10.1 Å². The third-order valence-electron chi connectivity index (χ3n) is 2.63. The van der Waals surface area contributed by atoms with Crippen molar-refractivity contribution in [2.75, 3.05) is 5.73 Å². The summed E-state index contributed by atoms with van der Waals surface area (Å²) in [4.78, 5) is 4.09. The van der Waals surface area contributed by atoms with Crippen molar-refractivity contribution in [1.82, 2.24) is 15.2 Å². The standard InChI is InChI=1S/C12H9BrN4O/c13-11-8(3-5-18-11)10-9(12(14)17-16-10)7-2-1-4-15-6-7/h1-6H,(H3,14,16,17). The summed E-state index contributed by atoms with van der Waals surface area (Å²) in [5, 5.41) is 6.98. The maximum atomic E-state index is 5.91. The van der Waals surface area contributed by atoms with Gasteiger partial charge >= 0.3 is 0 Å². The van der Waals surface area contributed by atoms with Crippen LogP contribution < -0.4 is 5.73 Å². The fraction of sp³-hybridized carbons (Fsp3) is 0. The van der Waals surface area contributed by atoms with E-state index in [-0.39, 0.29) is 0 Å². The molecule has 0 spiro atoms. The van der Waals surface area contributed by atoms with Crippen LogP contribution in [0.15, 0.2) is 45.9 Å². The lowest BCUT2D eigenvalue weighted by Crippen LogP contribution is -1.89. The maximum Gasteiger partial charge on any atom is 0.178 e. The van der Waals surface area contributed by atoms with Gasteiger partial charge in [-0.1, -0.05) is 6.07 Å². The van der Waals surface area contributed by atoms with Crippen LogP contribution in [0, 0.1) is 0 Å². The molecule has 0 aromatic carbocycles. The molecule has 0 fully saturated rings. The van der Waals surface area contributed by atoms with E-state index in [2.05, 4.69) is 31.1 Å². The average Bonchev–Trinajstić information content (AvgIpc) is 2.96. The Labute approximate surface area is 111 Å². The first kappa shape index (κ1) is 11.0. The molecule has 3 heterocycles. The minimum absolute atomic E-state index is 0.436. The highest BCUT2D eigenvalue weighted by Crippen LogP contribution is 2.37. The van der Waals surface area contributed by atoms with E-state index in [0.29, 0.717) is 10.5 Å². The van der Waals surface area contributed by atoms with Gasteiger partial charge < -0.3 is 10.2 Å². The van der Waals surface area contributed by atoms with E-state index in [1.54, 1.807) is 18.7 Å². The SMILES string of the molecule is Nc1n[nH]c(-c2ccoc2Br)c1-c1cccnc1. The maximum absolute atomic E-state index is 5.91. The Morgan fingerprint density at radius 2 is 2.22 bits per heavy atom. The number of rotatable bonds is 2. The van der Waals surface area contributed by atoms with E-state index < -0.39 is 0 Å². The number of nitrogens with zero attached hydrogens (tertiary/aromatic N) is 2. The van der Waals surface area contributed by atoms with Crippen molar-refractivity contribution in [3.63, 3.8) is 0 Å². The molecule has 5 nitrogen and oxygen atoms in total. The number of nitrogens with one attached hydrogen (secondary N) is 1. The summed E-state index contributed by atoms with van der Waals surface area (Å²) in [7, 11) is 0. The molecule has 6 heteroatoms. The Bertz CT molecular complexity index is 674. The summed E-state index contributed by atoms with van der Waals surface area (Å²) in [6.45, 7) is 0. The summed E-state index contributed by atoms with van der Waals surface area (Å²) in [6, 6.07) is 5.64. The second kappa shape index (κ2) is 4.30. The van der Waals surface area contributed by atoms with Crippen LogP contribution in [0.5, 0.6) is 0 Å². The largest absolute Gasteiger partial charge is 0.457 e. The molecular weight excluding hydrogens is 296 g/mol. The van der Waals surface area contributed by atoms with Crippen LogP contribution in [0.3, 0.4) is 0 Å². The average molecular weight is 305 g/mol. The molecule has 0 aliphatic heterocycles. The summed E-state index contributed by atoms with van der Waals surface area (Å²) in [5.74, 6) is 0.436.